The predicted octanol–water partition coefficient (Wildman–Crippen LogP) is 1.50. The fraction of sp³-hybridized carbons (Fsp3) is 0.222. The number of carbonyl (C=O) groups is 1. The van der Waals surface area contributed by atoms with Gasteiger partial charge in [0.1, 0.15) is 5.69 Å². The summed E-state index contributed by atoms with van der Waals surface area (Å²) in [6.45, 7) is 1.58. The molecule has 0 fully saturated rings. The number of nitrogens with zero attached hydrogens (tertiary/aromatic N) is 2. The van der Waals surface area contributed by atoms with Crippen molar-refractivity contribution in [3.05, 3.63) is 30.1 Å². The van der Waals surface area contributed by atoms with Gasteiger partial charge in [-0.3, -0.25) is 9.78 Å². The van der Waals surface area contributed by atoms with Crippen LogP contribution >= 0.6 is 0 Å². The zero-order chi connectivity index (χ0) is 9.68. The van der Waals surface area contributed by atoms with Crippen molar-refractivity contribution in [1.29, 1.82) is 0 Å². The minimum Gasteiger partial charge on any atom is -0.411 e. The van der Waals surface area contributed by atoms with Crippen LogP contribution < -0.4 is 0 Å². The van der Waals surface area contributed by atoms with E-state index in [1.54, 1.807) is 31.3 Å². The maximum atomic E-state index is 11.4. The van der Waals surface area contributed by atoms with Crippen molar-refractivity contribution in [3.8, 4) is 0 Å². The molecule has 0 aliphatic heterocycles. The number of rotatable bonds is 3. The second-order valence-corrected chi connectivity index (χ2v) is 2.65. The van der Waals surface area contributed by atoms with Crippen molar-refractivity contribution < 1.29 is 10.0 Å². The number of Topliss-reactive ketones (excluding diaryl/α,β-unsaturated/α-hetero) is 1. The maximum Gasteiger partial charge on any atom is 0.186 e. The lowest BCUT2D eigenvalue weighted by Gasteiger charge is -1.97. The summed E-state index contributed by atoms with van der Waals surface area (Å²) in [6.07, 6.45) is 1.66. The standard InChI is InChI=1S/C9H10N2O2/c1-7(11-13)6-9(12)8-4-2-3-5-10-8/h2-5,13H,6H2,1H3/b11-7+. The first-order valence-corrected chi connectivity index (χ1v) is 3.86. The number of oxime groups is 1. The summed E-state index contributed by atoms with van der Waals surface area (Å²) in [5.74, 6) is -0.143. The Kier molecular flexibility index (Phi) is 3.14. The summed E-state index contributed by atoms with van der Waals surface area (Å²) in [5, 5.41) is 11.3. The third kappa shape index (κ3) is 2.66. The third-order valence-electron chi connectivity index (χ3n) is 1.54. The number of hydrogen-bond donors (Lipinski definition) is 1. The summed E-state index contributed by atoms with van der Waals surface area (Å²) in [5.41, 5.74) is 0.779. The van der Waals surface area contributed by atoms with Crippen molar-refractivity contribution in [1.82, 2.24) is 4.98 Å². The second-order valence-electron chi connectivity index (χ2n) is 2.65. The van der Waals surface area contributed by atoms with Crippen LogP contribution in [0.4, 0.5) is 0 Å². The summed E-state index contributed by atoms with van der Waals surface area (Å²) in [6, 6.07) is 5.11. The molecule has 0 saturated heterocycles. The van der Waals surface area contributed by atoms with Gasteiger partial charge in [0.2, 0.25) is 0 Å². The number of ketones is 1. The molecule has 0 spiro atoms. The zero-order valence-corrected chi connectivity index (χ0v) is 7.27. The Hall–Kier alpha value is -1.71. The van der Waals surface area contributed by atoms with Crippen molar-refractivity contribution in [3.63, 3.8) is 0 Å². The lowest BCUT2D eigenvalue weighted by atomic mass is 10.1. The van der Waals surface area contributed by atoms with Crippen LogP contribution in [-0.4, -0.2) is 21.7 Å². The minimum atomic E-state index is -0.143. The number of aromatic nitrogens is 1. The van der Waals surface area contributed by atoms with E-state index in [0.29, 0.717) is 11.4 Å². The minimum absolute atomic E-state index is 0.105. The van der Waals surface area contributed by atoms with Crippen molar-refractivity contribution in [2.75, 3.05) is 0 Å². The van der Waals surface area contributed by atoms with E-state index in [1.807, 2.05) is 0 Å². The molecule has 1 aromatic heterocycles. The van der Waals surface area contributed by atoms with Crippen LogP contribution in [0.5, 0.6) is 0 Å². The van der Waals surface area contributed by atoms with Crippen LogP contribution in [0.1, 0.15) is 23.8 Å². The molecule has 1 heterocycles. The molecule has 0 aliphatic rings. The van der Waals surface area contributed by atoms with Crippen LogP contribution in [0.2, 0.25) is 0 Å². The Morgan fingerprint density at radius 2 is 2.38 bits per heavy atom. The molecule has 68 valence electrons. The van der Waals surface area contributed by atoms with E-state index in [0.717, 1.165) is 0 Å². The van der Waals surface area contributed by atoms with Gasteiger partial charge in [0, 0.05) is 6.20 Å². The van der Waals surface area contributed by atoms with Crippen LogP contribution in [0.3, 0.4) is 0 Å². The first kappa shape index (κ1) is 9.38. The molecule has 0 bridgehead atoms. The van der Waals surface area contributed by atoms with E-state index in [1.165, 1.54) is 0 Å². The quantitative estimate of drug-likeness (QED) is 0.330. The molecule has 0 atom stereocenters. The molecule has 13 heavy (non-hydrogen) atoms. The van der Waals surface area contributed by atoms with Crippen LogP contribution in [0, 0.1) is 0 Å². The van der Waals surface area contributed by atoms with E-state index in [4.69, 9.17) is 5.21 Å². The Balaban J connectivity index is 2.70. The van der Waals surface area contributed by atoms with Gasteiger partial charge in [-0.15, -0.1) is 0 Å². The van der Waals surface area contributed by atoms with Crippen LogP contribution in [-0.2, 0) is 0 Å². The van der Waals surface area contributed by atoms with E-state index >= 15 is 0 Å². The highest BCUT2D eigenvalue weighted by Gasteiger charge is 2.07. The van der Waals surface area contributed by atoms with Crippen molar-refractivity contribution in [2.45, 2.75) is 13.3 Å². The van der Waals surface area contributed by atoms with Gasteiger partial charge < -0.3 is 5.21 Å². The van der Waals surface area contributed by atoms with Gasteiger partial charge in [-0.05, 0) is 19.1 Å². The molecule has 4 heteroatoms. The Labute approximate surface area is 75.9 Å². The first-order chi connectivity index (χ1) is 6.24. The lowest BCUT2D eigenvalue weighted by molar-refractivity contribution is 0.0994. The largest absolute Gasteiger partial charge is 0.411 e. The fourth-order valence-electron chi connectivity index (χ4n) is 0.886. The first-order valence-electron chi connectivity index (χ1n) is 3.86. The van der Waals surface area contributed by atoms with Gasteiger partial charge in [0.25, 0.3) is 0 Å². The van der Waals surface area contributed by atoms with E-state index < -0.39 is 0 Å². The highest BCUT2D eigenvalue weighted by molar-refractivity contribution is 6.07. The summed E-state index contributed by atoms with van der Waals surface area (Å²) >= 11 is 0. The third-order valence-corrected chi connectivity index (χ3v) is 1.54. The smallest absolute Gasteiger partial charge is 0.186 e. The van der Waals surface area contributed by atoms with E-state index in [9.17, 15) is 4.79 Å². The fourth-order valence-corrected chi connectivity index (χ4v) is 0.886. The molecular formula is C9H10N2O2. The number of carbonyl (C=O) groups excluding carboxylic acids is 1. The van der Waals surface area contributed by atoms with E-state index in [2.05, 4.69) is 10.1 Å². The SMILES string of the molecule is C/C(CC(=O)c1ccccn1)=N\O. The molecular weight excluding hydrogens is 168 g/mol. The highest BCUT2D eigenvalue weighted by atomic mass is 16.4. The average molecular weight is 178 g/mol. The van der Waals surface area contributed by atoms with Crippen LogP contribution in [0.15, 0.2) is 29.6 Å². The second kappa shape index (κ2) is 4.35. The van der Waals surface area contributed by atoms with Gasteiger partial charge in [-0.25, -0.2) is 0 Å². The van der Waals surface area contributed by atoms with Gasteiger partial charge in [-0.1, -0.05) is 11.2 Å². The maximum absolute atomic E-state index is 11.4. The van der Waals surface area contributed by atoms with Gasteiger partial charge >= 0.3 is 0 Å². The Morgan fingerprint density at radius 1 is 1.62 bits per heavy atom. The molecule has 0 radical (unpaired) electrons. The van der Waals surface area contributed by atoms with Gasteiger partial charge in [-0.2, -0.15) is 0 Å². The highest BCUT2D eigenvalue weighted by Crippen LogP contribution is 1.99. The Morgan fingerprint density at radius 3 is 2.92 bits per heavy atom. The van der Waals surface area contributed by atoms with Crippen LogP contribution in [0.25, 0.3) is 0 Å². The summed E-state index contributed by atoms with van der Waals surface area (Å²) in [4.78, 5) is 15.2. The van der Waals surface area contributed by atoms with E-state index in [-0.39, 0.29) is 12.2 Å². The topological polar surface area (TPSA) is 62.5 Å². The Bertz CT molecular complexity index is 320. The zero-order valence-electron chi connectivity index (χ0n) is 7.27. The normalized spacial score (nSPS) is 11.3. The summed E-state index contributed by atoms with van der Waals surface area (Å²) < 4.78 is 0. The van der Waals surface area contributed by atoms with Crippen molar-refractivity contribution in [2.24, 2.45) is 5.16 Å². The predicted molar refractivity (Wildman–Crippen MR) is 48.1 cm³/mol. The lowest BCUT2D eigenvalue weighted by Crippen LogP contribution is -2.06. The molecule has 0 saturated carbocycles. The molecule has 1 aromatic rings. The van der Waals surface area contributed by atoms with Gasteiger partial charge in [0.15, 0.2) is 5.78 Å². The molecule has 0 aromatic carbocycles. The van der Waals surface area contributed by atoms with Crippen molar-refractivity contribution >= 4 is 11.5 Å². The molecule has 0 aliphatic carbocycles. The molecule has 1 rings (SSSR count). The number of hydrogen-bond acceptors (Lipinski definition) is 4. The molecule has 0 unspecified atom stereocenters. The molecule has 4 nitrogen and oxygen atoms in total. The molecule has 1 N–H and O–H groups in total. The average Bonchev–Trinajstić information content (AvgIpc) is 2.19. The van der Waals surface area contributed by atoms with Gasteiger partial charge in [0.05, 0.1) is 12.1 Å². The monoisotopic (exact) mass is 178 g/mol. The number of pyridine rings is 1. The summed E-state index contributed by atoms with van der Waals surface area (Å²) in [7, 11) is 0. The molecule has 0 amide bonds.